The van der Waals surface area contributed by atoms with E-state index in [0.717, 1.165) is 189 Å². The molecule has 0 unspecified atom stereocenters. The summed E-state index contributed by atoms with van der Waals surface area (Å²) in [5, 5.41) is 22.0. The fourth-order valence-electron chi connectivity index (χ4n) is 20.0. The molecular weight excluding hydrogens is 1850 g/mol. The summed E-state index contributed by atoms with van der Waals surface area (Å²) in [6.07, 6.45) is 29.6. The van der Waals surface area contributed by atoms with Crippen LogP contribution in [-0.2, 0) is 36.6 Å². The van der Waals surface area contributed by atoms with Gasteiger partial charge in [-0.15, -0.1) is 0 Å². The number of nitrogens with one attached hydrogen (secondary N) is 6. The molecule has 6 aliphatic rings. The Hall–Kier alpha value is -11.3. The standard InChI is InChI=1S/C25H26ClN3O.C23H29ClN4O2.C21H25ClN4O2.C20H24ClN3O2.C20H24ClN3O/c26-22-8-4-7-21(14-22)25(17-27)11-9-23(10-12-25)29-24(30)20-13-19(15-28-16-20)18-5-2-1-3-6-18;24-19-3-1-2-18(14-19)23(16-25)8-6-20(7-9-23)27-22(29)17-4-5-21(26-15-17)28-10-12-30-13-11-28;1-14(27)25-19-6-5-15(12-24-19)20(28)26-18-7-9-21(13-23,10-8-18)16-3-2-4-17(22)11-16;1-26-18-6-5-14(12-23-18)19(25)24-17-7-9-20(13-22,10-8-17)15-3-2-4-16(21)11-15;1-14-9-15(12-23-11-14)19(25)24-18-5-7-20(13-22,8-6-18)16-3-2-4-17(21)10-16/h1-8,13-16,23H,9-12,17,27H2,(H,29,30);1-5,14-15,20H,6-13,16,25H2,(H,27,29);2-6,11-12,18H,7-10,13,23H2,1H3,(H,26,28)(H,24,25,27);2-6,11-12,17H,7-10,13,22H2,1H3,(H,24,25);2-4,9-12,18H,5-8,13,22H2,1H3,(H,24,25). The number of amides is 6. The summed E-state index contributed by atoms with van der Waals surface area (Å²) in [6.45, 7) is 9.33. The van der Waals surface area contributed by atoms with E-state index in [9.17, 15) is 28.8 Å². The van der Waals surface area contributed by atoms with Gasteiger partial charge in [-0.3, -0.25) is 38.7 Å². The van der Waals surface area contributed by atoms with Gasteiger partial charge in [0, 0.05) is 190 Å². The lowest BCUT2D eigenvalue weighted by Gasteiger charge is -2.40. The Morgan fingerprint density at radius 1 is 0.360 bits per heavy atom. The van der Waals surface area contributed by atoms with Crippen LogP contribution in [-0.4, -0.2) is 157 Å². The third-order valence-electron chi connectivity index (χ3n) is 28.7. The van der Waals surface area contributed by atoms with Crippen molar-refractivity contribution in [2.75, 3.05) is 76.4 Å². The number of rotatable bonds is 24. The van der Waals surface area contributed by atoms with E-state index in [0.29, 0.717) is 85.5 Å². The maximum absolute atomic E-state index is 12.8. The van der Waals surface area contributed by atoms with Gasteiger partial charge in [0.2, 0.25) is 11.8 Å². The van der Waals surface area contributed by atoms with Crippen molar-refractivity contribution in [2.24, 2.45) is 28.7 Å². The summed E-state index contributed by atoms with van der Waals surface area (Å²) in [5.74, 6) is 1.16. The number of anilines is 2. The zero-order valence-electron chi connectivity index (χ0n) is 79.2. The Labute approximate surface area is 840 Å². The van der Waals surface area contributed by atoms with E-state index < -0.39 is 0 Å². The first-order valence-corrected chi connectivity index (χ1v) is 49.9. The molecule has 5 aliphatic carbocycles. The van der Waals surface area contributed by atoms with Gasteiger partial charge < -0.3 is 74.9 Å². The van der Waals surface area contributed by atoms with E-state index in [1.54, 1.807) is 62.4 Å². The van der Waals surface area contributed by atoms with Gasteiger partial charge >= 0.3 is 0 Å². The Balaban J connectivity index is 0.000000147. The van der Waals surface area contributed by atoms with Crippen molar-refractivity contribution in [3.05, 3.63) is 330 Å². The third kappa shape index (κ3) is 28.3. The molecule has 30 heteroatoms. The first-order chi connectivity index (χ1) is 67.2. The third-order valence-corrected chi connectivity index (χ3v) is 29.8. The molecule has 16 N–H and O–H groups in total. The number of benzene rings is 6. The van der Waals surface area contributed by atoms with Crippen LogP contribution in [0.3, 0.4) is 0 Å². The first kappa shape index (κ1) is 105. The van der Waals surface area contributed by atoms with Crippen LogP contribution in [0.5, 0.6) is 5.88 Å². The molecule has 6 aromatic carbocycles. The molecule has 1 saturated heterocycles. The molecule has 0 bridgehead atoms. The van der Waals surface area contributed by atoms with Gasteiger partial charge in [0.1, 0.15) is 11.6 Å². The van der Waals surface area contributed by atoms with Crippen LogP contribution >= 0.6 is 58.0 Å². The minimum Gasteiger partial charge on any atom is -0.481 e. The number of pyridine rings is 5. The number of carbonyl (C=O) groups excluding carboxylic acids is 6. The number of methoxy groups -OCH3 is 1. The molecule has 6 fully saturated rings. The summed E-state index contributed by atoms with van der Waals surface area (Å²) < 4.78 is 10.4. The Morgan fingerprint density at radius 2 is 0.683 bits per heavy atom. The molecule has 0 atom stereocenters. The van der Waals surface area contributed by atoms with Crippen LogP contribution in [0.2, 0.25) is 25.1 Å². The number of aryl methyl sites for hydroxylation is 1. The largest absolute Gasteiger partial charge is 0.481 e. The number of nitrogens with zero attached hydrogens (tertiary/aromatic N) is 6. The maximum Gasteiger partial charge on any atom is 0.253 e. The molecule has 6 amide bonds. The molecule has 11 aromatic rings. The number of hydrogen-bond acceptors (Lipinski definition) is 19. The van der Waals surface area contributed by atoms with Gasteiger partial charge in [-0.05, 0) is 277 Å². The predicted molar refractivity (Wildman–Crippen MR) is 555 cm³/mol. The Kier molecular flexibility index (Phi) is 37.9. The second kappa shape index (κ2) is 50.2. The number of morpholine rings is 1. The predicted octanol–water partition coefficient (Wildman–Crippen LogP) is 18.3. The van der Waals surface area contributed by atoms with E-state index in [1.165, 1.54) is 47.1 Å². The van der Waals surface area contributed by atoms with Crippen LogP contribution in [0, 0.1) is 6.92 Å². The van der Waals surface area contributed by atoms with Gasteiger partial charge in [0.05, 0.1) is 48.1 Å². The molecule has 6 heterocycles. The molecular formula is C109H128Cl5N17O8. The highest BCUT2D eigenvalue weighted by Crippen LogP contribution is 2.46. The summed E-state index contributed by atoms with van der Waals surface area (Å²) in [4.78, 5) is 97.2. The lowest BCUT2D eigenvalue weighted by Crippen LogP contribution is -2.45. The van der Waals surface area contributed by atoms with Crippen LogP contribution in [0.1, 0.15) is 221 Å². The average Bonchev–Trinajstić information content (AvgIpc) is 0.806. The number of nitrogens with two attached hydrogens (primary N) is 5. The second-order valence-electron chi connectivity index (χ2n) is 37.5. The molecule has 139 heavy (non-hydrogen) atoms. The zero-order chi connectivity index (χ0) is 98.5. The van der Waals surface area contributed by atoms with Crippen molar-refractivity contribution >= 4 is 105 Å². The SMILES string of the molecule is CC(=O)Nc1ccc(C(=O)NC2CCC(CN)(c3cccc(Cl)c3)CC2)cn1.COc1ccc(C(=O)NC2CCC(CN)(c3cccc(Cl)c3)CC2)cn1.Cc1cncc(C(=O)NC2CCC(CN)(c3cccc(Cl)c3)CC2)c1.NCC1(c2cccc(Cl)c2)CCC(NC(=O)c2ccc(N3CCOCC3)nc2)CC1.NCC1(c2cccc(Cl)c2)CCC(NC(=O)c2cncc(-c3ccccc3)c2)CC1. The fourth-order valence-corrected chi connectivity index (χ4v) is 21.0. The Bertz CT molecular complexity index is 5880. The minimum atomic E-state index is -0.199. The highest BCUT2D eigenvalue weighted by Gasteiger charge is 2.42. The molecule has 1 aliphatic heterocycles. The van der Waals surface area contributed by atoms with Crippen molar-refractivity contribution in [3.63, 3.8) is 0 Å². The summed E-state index contributed by atoms with van der Waals surface area (Å²) in [5.41, 5.74) is 42.2. The van der Waals surface area contributed by atoms with Gasteiger partial charge in [-0.25, -0.2) is 15.0 Å². The summed E-state index contributed by atoms with van der Waals surface area (Å²) in [7, 11) is 1.55. The lowest BCUT2D eigenvalue weighted by molar-refractivity contribution is -0.114. The van der Waals surface area contributed by atoms with E-state index in [2.05, 4.69) is 92.1 Å². The Morgan fingerprint density at radius 3 is 0.978 bits per heavy atom. The van der Waals surface area contributed by atoms with Crippen molar-refractivity contribution < 1.29 is 38.2 Å². The minimum absolute atomic E-state index is 0.0446. The highest BCUT2D eigenvalue weighted by atomic mass is 35.5. The lowest BCUT2D eigenvalue weighted by atomic mass is 9.68. The number of hydrogen-bond donors (Lipinski definition) is 11. The topological polar surface area (TPSA) is 391 Å². The van der Waals surface area contributed by atoms with Crippen molar-refractivity contribution in [2.45, 2.75) is 200 Å². The van der Waals surface area contributed by atoms with Crippen LogP contribution < -0.4 is 70.2 Å². The van der Waals surface area contributed by atoms with Crippen LogP contribution in [0.25, 0.3) is 11.1 Å². The highest BCUT2D eigenvalue weighted by molar-refractivity contribution is 6.32. The number of halogens is 5. The average molecular weight is 1980 g/mol. The number of carbonyl (C=O) groups is 6. The number of ether oxygens (including phenoxy) is 2. The van der Waals surface area contributed by atoms with Crippen molar-refractivity contribution in [3.8, 4) is 17.0 Å². The normalized spacial score (nSPS) is 22.7. The molecule has 0 spiro atoms. The van der Waals surface area contributed by atoms with E-state index >= 15 is 0 Å². The zero-order valence-corrected chi connectivity index (χ0v) is 83.0. The van der Waals surface area contributed by atoms with Gasteiger partial charge in [0.15, 0.2) is 0 Å². The van der Waals surface area contributed by atoms with Gasteiger partial charge in [0.25, 0.3) is 29.5 Å². The molecule has 732 valence electrons. The van der Waals surface area contributed by atoms with Crippen LogP contribution in [0.15, 0.2) is 244 Å². The molecule has 5 saturated carbocycles. The van der Waals surface area contributed by atoms with E-state index in [-0.39, 0.29) is 92.7 Å². The van der Waals surface area contributed by atoms with E-state index in [4.69, 9.17) is 96.1 Å². The first-order valence-electron chi connectivity index (χ1n) is 48.0. The summed E-state index contributed by atoms with van der Waals surface area (Å²) in [6, 6.07) is 64.7. The second-order valence-corrected chi connectivity index (χ2v) is 39.7. The molecule has 17 rings (SSSR count). The molecule has 5 aromatic heterocycles. The fraction of sp³-hybridized carbons (Fsp3) is 0.385. The van der Waals surface area contributed by atoms with E-state index in [1.807, 2.05) is 153 Å². The monoisotopic (exact) mass is 1980 g/mol. The molecule has 0 radical (unpaired) electrons. The van der Waals surface area contributed by atoms with Gasteiger partial charge in [-0.1, -0.05) is 149 Å². The molecule has 25 nitrogen and oxygen atoms in total. The maximum atomic E-state index is 12.8. The van der Waals surface area contributed by atoms with Crippen molar-refractivity contribution in [1.29, 1.82) is 0 Å². The smallest absolute Gasteiger partial charge is 0.253 e. The van der Waals surface area contributed by atoms with Crippen LogP contribution in [0.4, 0.5) is 11.6 Å². The van der Waals surface area contributed by atoms with Gasteiger partial charge in [-0.2, -0.15) is 0 Å². The summed E-state index contributed by atoms with van der Waals surface area (Å²) >= 11 is 30.9. The quantitative estimate of drug-likeness (QED) is 0.0268. The number of aromatic nitrogens is 5. The van der Waals surface area contributed by atoms with Crippen molar-refractivity contribution in [1.82, 2.24) is 51.5 Å².